The van der Waals surface area contributed by atoms with Gasteiger partial charge in [-0.1, -0.05) is 49.7 Å². The average Bonchev–Trinajstić information content (AvgIpc) is 2.93. The number of carbonyl (C=O) groups is 4. The molecule has 2 aromatic carbocycles. The molecule has 8 nitrogen and oxygen atoms in total. The highest BCUT2D eigenvalue weighted by Crippen LogP contribution is 2.36. The number of benzene rings is 2. The zero-order valence-electron chi connectivity index (χ0n) is 23.7. The maximum Gasteiger partial charge on any atom is 0.257 e. The van der Waals surface area contributed by atoms with Gasteiger partial charge in [-0.15, -0.1) is 0 Å². The first-order valence-corrected chi connectivity index (χ1v) is 14.7. The Morgan fingerprint density at radius 2 is 1.85 bits per heavy atom. The van der Waals surface area contributed by atoms with E-state index in [-0.39, 0.29) is 42.0 Å². The first-order chi connectivity index (χ1) is 19.6. The van der Waals surface area contributed by atoms with Crippen molar-refractivity contribution in [2.75, 3.05) is 32.7 Å². The van der Waals surface area contributed by atoms with Crippen LogP contribution in [0.4, 0.5) is 4.39 Å². The van der Waals surface area contributed by atoms with Gasteiger partial charge in [0.2, 0.25) is 17.7 Å². The molecule has 1 aliphatic carbocycles. The molecule has 1 fully saturated rings. The lowest BCUT2D eigenvalue weighted by Gasteiger charge is -2.39. The minimum Gasteiger partial charge on any atom is -0.354 e. The van der Waals surface area contributed by atoms with E-state index in [1.165, 1.54) is 21.9 Å². The van der Waals surface area contributed by atoms with Crippen molar-refractivity contribution in [3.63, 3.8) is 0 Å². The number of fused-ring (bicyclic) bond motifs is 2. The maximum atomic E-state index is 14.6. The average molecular weight is 585 g/mol. The predicted octanol–water partition coefficient (Wildman–Crippen LogP) is 4.05. The molecular formula is C31H38ClFN4O4. The van der Waals surface area contributed by atoms with Crippen LogP contribution in [-0.4, -0.2) is 66.2 Å². The Morgan fingerprint density at radius 1 is 1.07 bits per heavy atom. The third-order valence-electron chi connectivity index (χ3n) is 7.79. The number of carbonyl (C=O) groups excluding carboxylic acids is 4. The first kappa shape index (κ1) is 30.5. The van der Waals surface area contributed by atoms with Gasteiger partial charge in [-0.05, 0) is 73.8 Å². The molecule has 1 atom stereocenters. The molecule has 1 heterocycles. The third-order valence-corrected chi connectivity index (χ3v) is 8.03. The molecule has 0 aromatic heterocycles. The van der Waals surface area contributed by atoms with Crippen molar-refractivity contribution < 1.29 is 23.6 Å². The van der Waals surface area contributed by atoms with Crippen molar-refractivity contribution in [1.82, 2.24) is 20.4 Å². The molecule has 2 aromatic rings. The van der Waals surface area contributed by atoms with Gasteiger partial charge in [0.15, 0.2) is 0 Å². The number of hydrogen-bond acceptors (Lipinski definition) is 4. The van der Waals surface area contributed by atoms with Gasteiger partial charge in [0.1, 0.15) is 17.9 Å². The van der Waals surface area contributed by atoms with Crippen molar-refractivity contribution in [3.05, 3.63) is 70.0 Å². The summed E-state index contributed by atoms with van der Waals surface area (Å²) < 4.78 is 14.6. The molecule has 220 valence electrons. The molecule has 10 heteroatoms. The van der Waals surface area contributed by atoms with Gasteiger partial charge in [0.25, 0.3) is 5.91 Å². The lowest BCUT2D eigenvalue weighted by atomic mass is 9.75. The molecule has 1 saturated heterocycles. The Labute approximate surface area is 245 Å². The number of halogens is 2. The summed E-state index contributed by atoms with van der Waals surface area (Å²) in [5, 5.41) is 6.18. The SMILES string of the molecule is CC(C)CCN1CC(=O)NC2(CCCc3ccccc32)C(=O)NCCCCN(C(=O)c2ccc(Cl)cc2F)CC1=O. The fourth-order valence-electron chi connectivity index (χ4n) is 5.54. The van der Waals surface area contributed by atoms with Gasteiger partial charge in [-0.3, -0.25) is 19.2 Å². The first-order valence-electron chi connectivity index (χ1n) is 14.3. The van der Waals surface area contributed by atoms with Crippen LogP contribution in [0.15, 0.2) is 42.5 Å². The largest absolute Gasteiger partial charge is 0.354 e. The fourth-order valence-corrected chi connectivity index (χ4v) is 5.70. The van der Waals surface area contributed by atoms with Crippen LogP contribution in [-0.2, 0) is 26.3 Å². The third kappa shape index (κ3) is 7.25. The van der Waals surface area contributed by atoms with Crippen molar-refractivity contribution in [2.45, 2.75) is 57.9 Å². The zero-order valence-corrected chi connectivity index (χ0v) is 24.4. The monoisotopic (exact) mass is 584 g/mol. The van der Waals surface area contributed by atoms with E-state index in [1.807, 2.05) is 38.1 Å². The molecule has 2 N–H and O–H groups in total. The molecule has 0 radical (unpaired) electrons. The minimum absolute atomic E-state index is 0.163. The summed E-state index contributed by atoms with van der Waals surface area (Å²) >= 11 is 5.87. The summed E-state index contributed by atoms with van der Waals surface area (Å²) in [6.45, 7) is 4.28. The molecule has 4 amide bonds. The summed E-state index contributed by atoms with van der Waals surface area (Å²) in [5.41, 5.74) is 0.398. The normalized spacial score (nSPS) is 20.9. The summed E-state index contributed by atoms with van der Waals surface area (Å²) in [6, 6.07) is 11.5. The second-order valence-electron chi connectivity index (χ2n) is 11.3. The van der Waals surface area contributed by atoms with Crippen LogP contribution >= 0.6 is 11.6 Å². The van der Waals surface area contributed by atoms with E-state index in [4.69, 9.17) is 11.6 Å². The summed E-state index contributed by atoms with van der Waals surface area (Å²) in [6.07, 6.45) is 3.66. The van der Waals surface area contributed by atoms with E-state index in [0.29, 0.717) is 38.8 Å². The second kappa shape index (κ2) is 13.5. The summed E-state index contributed by atoms with van der Waals surface area (Å²) in [7, 11) is 0. The molecule has 4 rings (SSSR count). The Balaban J connectivity index is 1.64. The van der Waals surface area contributed by atoms with Gasteiger partial charge in [-0.25, -0.2) is 4.39 Å². The van der Waals surface area contributed by atoms with Crippen LogP contribution in [0.1, 0.15) is 67.4 Å². The lowest BCUT2D eigenvalue weighted by molar-refractivity contribution is -0.139. The highest BCUT2D eigenvalue weighted by molar-refractivity contribution is 6.30. The van der Waals surface area contributed by atoms with Crippen LogP contribution in [0.25, 0.3) is 0 Å². The topological polar surface area (TPSA) is 98.8 Å². The van der Waals surface area contributed by atoms with Crippen LogP contribution in [0.2, 0.25) is 5.02 Å². The summed E-state index contributed by atoms with van der Waals surface area (Å²) in [5.74, 6) is -2.28. The Morgan fingerprint density at radius 3 is 2.61 bits per heavy atom. The molecule has 1 spiro atoms. The van der Waals surface area contributed by atoms with Gasteiger partial charge in [0, 0.05) is 24.7 Å². The van der Waals surface area contributed by atoms with Crippen LogP contribution in [0, 0.1) is 11.7 Å². The number of amides is 4. The fraction of sp³-hybridized carbons (Fsp3) is 0.484. The molecule has 41 heavy (non-hydrogen) atoms. The van der Waals surface area contributed by atoms with E-state index in [9.17, 15) is 23.6 Å². The number of rotatable bonds is 4. The Kier molecular flexibility index (Phi) is 10.0. The van der Waals surface area contributed by atoms with Crippen LogP contribution < -0.4 is 10.6 Å². The number of nitrogens with one attached hydrogen (secondary N) is 2. The van der Waals surface area contributed by atoms with Crippen molar-refractivity contribution in [3.8, 4) is 0 Å². The zero-order chi connectivity index (χ0) is 29.6. The van der Waals surface area contributed by atoms with Crippen molar-refractivity contribution in [2.24, 2.45) is 5.92 Å². The quantitative estimate of drug-likeness (QED) is 0.566. The standard InChI is InChI=1S/C31H38ClFN4O4/c1-21(2)13-17-36-19-27(38)35-31(14-7-9-22-8-3-4-10-25(22)31)30(41)34-15-5-6-16-37(20-28(36)39)29(40)24-12-11-23(32)18-26(24)33/h3-4,8,10-12,18,21H,5-7,9,13-17,19-20H2,1-2H3,(H,34,41)(H,35,38). The molecule has 1 aliphatic heterocycles. The molecule has 0 saturated carbocycles. The van der Waals surface area contributed by atoms with Crippen molar-refractivity contribution in [1.29, 1.82) is 0 Å². The molecule has 2 aliphatic rings. The Hall–Kier alpha value is -3.46. The minimum atomic E-state index is -1.23. The highest BCUT2D eigenvalue weighted by Gasteiger charge is 2.44. The number of nitrogens with zero attached hydrogens (tertiary/aromatic N) is 2. The maximum absolute atomic E-state index is 14.6. The van der Waals surface area contributed by atoms with Gasteiger partial charge in [0.05, 0.1) is 12.1 Å². The number of aryl methyl sites for hydroxylation is 1. The van der Waals surface area contributed by atoms with Crippen molar-refractivity contribution >= 4 is 35.2 Å². The molecule has 1 unspecified atom stereocenters. The summed E-state index contributed by atoms with van der Waals surface area (Å²) in [4.78, 5) is 57.0. The van der Waals surface area contributed by atoms with E-state index in [1.54, 1.807) is 0 Å². The van der Waals surface area contributed by atoms with Gasteiger partial charge < -0.3 is 20.4 Å². The number of hydrogen-bond donors (Lipinski definition) is 2. The van der Waals surface area contributed by atoms with Gasteiger partial charge in [-0.2, -0.15) is 0 Å². The molecular weight excluding hydrogens is 547 g/mol. The van der Waals surface area contributed by atoms with E-state index in [0.717, 1.165) is 30.0 Å². The predicted molar refractivity (Wildman–Crippen MR) is 155 cm³/mol. The van der Waals surface area contributed by atoms with E-state index in [2.05, 4.69) is 10.6 Å². The lowest BCUT2D eigenvalue weighted by Crippen LogP contribution is -2.60. The highest BCUT2D eigenvalue weighted by atomic mass is 35.5. The van der Waals surface area contributed by atoms with Gasteiger partial charge >= 0.3 is 0 Å². The Bertz CT molecular complexity index is 1300. The van der Waals surface area contributed by atoms with E-state index < -0.39 is 29.1 Å². The second-order valence-corrected chi connectivity index (χ2v) is 11.7. The van der Waals surface area contributed by atoms with Crippen LogP contribution in [0.3, 0.4) is 0 Å². The molecule has 0 bridgehead atoms. The smallest absolute Gasteiger partial charge is 0.257 e. The van der Waals surface area contributed by atoms with Crippen LogP contribution in [0.5, 0.6) is 0 Å². The van der Waals surface area contributed by atoms with E-state index >= 15 is 0 Å².